The van der Waals surface area contributed by atoms with Crippen LogP contribution in [0.4, 0.5) is 38.3 Å². The second-order valence-corrected chi connectivity index (χ2v) is 16.8. The lowest BCUT2D eigenvalue weighted by Crippen LogP contribution is -2.70. The number of benzene rings is 2. The molecule has 0 bridgehead atoms. The van der Waals surface area contributed by atoms with Crippen molar-refractivity contribution in [2.24, 2.45) is 11.3 Å². The van der Waals surface area contributed by atoms with Gasteiger partial charge in [-0.25, -0.2) is 36.6 Å². The van der Waals surface area contributed by atoms with Crippen LogP contribution in [0.1, 0.15) is 65.6 Å². The van der Waals surface area contributed by atoms with Crippen molar-refractivity contribution in [2.75, 3.05) is 43.9 Å². The number of terminal acetylenes is 1. The molecule has 4 aromatic rings. The molecule has 0 saturated carbocycles. The molecule has 5 heterocycles. The Balaban J connectivity index is 1.47. The number of nitrogen functional groups attached to an aromatic ring is 1. The molecule has 2 N–H and O–H groups in total. The molecule has 0 radical (unpaired) electrons. The zero-order valence-corrected chi connectivity index (χ0v) is 33.0. The number of anilines is 2. The van der Waals surface area contributed by atoms with Gasteiger partial charge in [-0.1, -0.05) is 32.8 Å². The molecule has 3 aliphatic heterocycles. The summed E-state index contributed by atoms with van der Waals surface area (Å²) in [6.07, 6.45) is 3.06. The number of pyridine rings is 1. The van der Waals surface area contributed by atoms with Gasteiger partial charge in [-0.05, 0) is 82.2 Å². The Kier molecular flexibility index (Phi) is 10.0. The van der Waals surface area contributed by atoms with Crippen LogP contribution < -0.4 is 15.4 Å². The molecule has 5 atom stereocenters. The molecule has 1 amide bonds. The van der Waals surface area contributed by atoms with Gasteiger partial charge < -0.3 is 25.0 Å². The molecule has 10 nitrogen and oxygen atoms in total. The lowest BCUT2D eigenvalue weighted by Gasteiger charge is -2.52. The van der Waals surface area contributed by atoms with E-state index in [0.29, 0.717) is 41.7 Å². The average molecular weight is 792 g/mol. The van der Waals surface area contributed by atoms with Crippen molar-refractivity contribution in [2.45, 2.75) is 84.5 Å². The maximum atomic E-state index is 17.5. The van der Waals surface area contributed by atoms with Crippen molar-refractivity contribution in [1.29, 1.82) is 0 Å². The highest BCUT2D eigenvalue weighted by molar-refractivity contribution is 6.04. The number of aromatic nitrogens is 3. The predicted molar refractivity (Wildman–Crippen MR) is 209 cm³/mol. The lowest BCUT2D eigenvalue weighted by atomic mass is 9.78. The molecule has 3 aliphatic rings. The van der Waals surface area contributed by atoms with Crippen LogP contribution in [-0.4, -0.2) is 87.9 Å². The van der Waals surface area contributed by atoms with E-state index in [9.17, 15) is 9.18 Å². The zero-order valence-electron chi connectivity index (χ0n) is 33.0. The molecule has 2 aromatic carbocycles. The molecule has 7 rings (SSSR count). The number of nitrogens with zero attached hydrogens (tertiary/aromatic N) is 6. The Morgan fingerprint density at radius 2 is 1.89 bits per heavy atom. The predicted octanol–water partition coefficient (Wildman–Crippen LogP) is 8.25. The van der Waals surface area contributed by atoms with Crippen molar-refractivity contribution in [3.8, 4) is 29.6 Å². The first kappa shape index (κ1) is 40.0. The maximum Gasteiger partial charge on any atom is 0.415 e. The number of hydrogen-bond acceptors (Lipinski definition) is 9. The first-order valence-corrected chi connectivity index (χ1v) is 18.9. The van der Waals surface area contributed by atoms with Gasteiger partial charge in [-0.15, -0.1) is 6.42 Å². The number of ether oxygens (including phenoxy) is 2. The van der Waals surface area contributed by atoms with E-state index < -0.39 is 59.3 Å². The highest BCUT2D eigenvalue weighted by atomic mass is 19.2. The van der Waals surface area contributed by atoms with Gasteiger partial charge in [0.25, 0.3) is 0 Å². The van der Waals surface area contributed by atoms with Gasteiger partial charge in [-0.2, -0.15) is 9.97 Å². The molecule has 2 fully saturated rings. The van der Waals surface area contributed by atoms with Gasteiger partial charge >= 0.3 is 12.1 Å². The Morgan fingerprint density at radius 3 is 2.56 bits per heavy atom. The molecule has 302 valence electrons. The first-order valence-electron chi connectivity index (χ1n) is 18.9. The minimum Gasteiger partial charge on any atom is -0.462 e. The number of hydrogen-bond donors (Lipinski definition) is 1. The molecule has 0 spiro atoms. The maximum absolute atomic E-state index is 17.5. The van der Waals surface area contributed by atoms with E-state index in [0.717, 1.165) is 0 Å². The van der Waals surface area contributed by atoms with E-state index in [4.69, 9.17) is 31.6 Å². The van der Waals surface area contributed by atoms with E-state index in [1.54, 1.807) is 33.8 Å². The largest absolute Gasteiger partial charge is 0.462 e. The van der Waals surface area contributed by atoms with E-state index >= 15 is 17.6 Å². The fourth-order valence-corrected chi connectivity index (χ4v) is 8.58. The number of fused-ring (bicyclic) bond motifs is 3. The number of rotatable bonds is 5. The van der Waals surface area contributed by atoms with Gasteiger partial charge in [0.2, 0.25) is 12.1 Å². The summed E-state index contributed by atoms with van der Waals surface area (Å²) in [6.45, 7) is 10.2. The molecular formula is C42H46F5N7O3. The minimum atomic E-state index is -2.59. The van der Waals surface area contributed by atoms with Gasteiger partial charge in [0.15, 0.2) is 5.82 Å². The SMILES string of the molecule is C#Cc1c(F)ccc2cc(N)cc(-c3nc4c5c(nc(OC[C@]6(C)CN(C)CC/C6=C\F)nc5c3F)N3C[C@@](F)(CC)N(C(=O)OC(C)(C)C)C(F)[C@@H]3[C@@H](C)C4)c12. The van der Waals surface area contributed by atoms with Crippen molar-refractivity contribution in [3.63, 3.8) is 0 Å². The van der Waals surface area contributed by atoms with Crippen molar-refractivity contribution in [3.05, 3.63) is 59.1 Å². The van der Waals surface area contributed by atoms with Crippen LogP contribution in [-0.2, 0) is 11.2 Å². The second-order valence-electron chi connectivity index (χ2n) is 16.8. The third-order valence-electron chi connectivity index (χ3n) is 11.4. The summed E-state index contributed by atoms with van der Waals surface area (Å²) in [5, 5.41) is 0.711. The Hall–Kier alpha value is -5.23. The van der Waals surface area contributed by atoms with Crippen LogP contribution in [0.25, 0.3) is 32.9 Å². The smallest absolute Gasteiger partial charge is 0.415 e. The van der Waals surface area contributed by atoms with E-state index in [1.165, 1.54) is 30.0 Å². The lowest BCUT2D eigenvalue weighted by molar-refractivity contribution is -0.128. The number of carbonyl (C=O) groups is 1. The third kappa shape index (κ3) is 6.85. The quantitative estimate of drug-likeness (QED) is 0.0925. The zero-order chi connectivity index (χ0) is 41.4. The van der Waals surface area contributed by atoms with Gasteiger partial charge in [0.1, 0.15) is 35.1 Å². The molecular weight excluding hydrogens is 745 g/mol. The second kappa shape index (κ2) is 14.3. The van der Waals surface area contributed by atoms with Crippen LogP contribution in [0.3, 0.4) is 0 Å². The Labute approximate surface area is 328 Å². The number of piperidine rings is 1. The van der Waals surface area contributed by atoms with E-state index in [2.05, 4.69) is 10.9 Å². The summed E-state index contributed by atoms with van der Waals surface area (Å²) in [6, 6.07) is 4.14. The highest BCUT2D eigenvalue weighted by Gasteiger charge is 2.57. The molecule has 0 aliphatic carbocycles. The molecule has 2 saturated heterocycles. The number of piperazine rings is 1. The summed E-state index contributed by atoms with van der Waals surface area (Å²) in [4.78, 5) is 31.5. The van der Waals surface area contributed by atoms with Crippen LogP contribution in [0.2, 0.25) is 0 Å². The topological polar surface area (TPSA) is 110 Å². The van der Waals surface area contributed by atoms with E-state index in [-0.39, 0.29) is 75.8 Å². The average Bonchev–Trinajstić information content (AvgIpc) is 3.24. The van der Waals surface area contributed by atoms with Crippen LogP contribution >= 0.6 is 0 Å². The normalized spacial score (nSPS) is 26.0. The number of likely N-dealkylation sites (tertiary alicyclic amines) is 1. The van der Waals surface area contributed by atoms with Crippen molar-refractivity contribution >= 4 is 39.3 Å². The summed E-state index contributed by atoms with van der Waals surface area (Å²) < 4.78 is 93.0. The fraction of sp³-hybridized carbons (Fsp3) is 0.476. The van der Waals surface area contributed by atoms with Crippen molar-refractivity contribution < 1.29 is 36.2 Å². The molecule has 15 heteroatoms. The number of alkyl halides is 2. The summed E-state index contributed by atoms with van der Waals surface area (Å²) in [5.41, 5.74) is 4.81. The number of nitrogens with two attached hydrogens (primary N) is 1. The van der Waals surface area contributed by atoms with Crippen LogP contribution in [0.15, 0.2) is 36.2 Å². The van der Waals surface area contributed by atoms with Gasteiger partial charge in [0.05, 0.1) is 35.6 Å². The molecule has 2 aromatic heterocycles. The van der Waals surface area contributed by atoms with Crippen molar-refractivity contribution in [1.82, 2.24) is 24.8 Å². The first-order chi connectivity index (χ1) is 26.8. The number of halogens is 5. The Morgan fingerprint density at radius 1 is 1.16 bits per heavy atom. The number of carbonyl (C=O) groups excluding carboxylic acids is 1. The summed E-state index contributed by atoms with van der Waals surface area (Å²) in [7, 11) is 1.90. The minimum absolute atomic E-state index is 0.00116. The standard InChI is InChI=1S/C42H46F5N7O3/c1-9-26-28(44)12-11-23-16-25(48)17-27(30(23)26)33-32(45)34-31-29(49-33)15-22(3)35-36(46)54(39(55)57-40(4,5)6)42(47,10-2)20-53(35)37(31)51-38(50-34)56-21-41(7)19-52(8)14-13-24(41)18-43/h1,11-12,16-18,22,35-36H,10,13-15,19-21,48H2,2-8H3/b24-18+/t22-,35-,36?,41-,42+/m0/s1. The van der Waals surface area contributed by atoms with Crippen LogP contribution in [0, 0.1) is 35.3 Å². The van der Waals surface area contributed by atoms with Crippen LogP contribution in [0.5, 0.6) is 6.01 Å². The van der Waals surface area contributed by atoms with Gasteiger partial charge in [-0.3, -0.25) is 0 Å². The molecule has 57 heavy (non-hydrogen) atoms. The fourth-order valence-electron chi connectivity index (χ4n) is 8.58. The summed E-state index contributed by atoms with van der Waals surface area (Å²) >= 11 is 0. The monoisotopic (exact) mass is 791 g/mol. The third-order valence-corrected chi connectivity index (χ3v) is 11.4. The summed E-state index contributed by atoms with van der Waals surface area (Å²) in [5.74, 6) is -2.65. The number of amides is 1. The Bertz CT molecular complexity index is 2360. The molecule has 1 unspecified atom stereocenters. The van der Waals surface area contributed by atoms with Gasteiger partial charge in [0, 0.05) is 35.1 Å². The highest BCUT2D eigenvalue weighted by Crippen LogP contribution is 2.47. The van der Waals surface area contributed by atoms with E-state index in [1.807, 2.05) is 18.9 Å².